The summed E-state index contributed by atoms with van der Waals surface area (Å²) in [6, 6.07) is 9.44. The van der Waals surface area contributed by atoms with Crippen LogP contribution in [0.5, 0.6) is 5.75 Å². The van der Waals surface area contributed by atoms with Gasteiger partial charge in [0.25, 0.3) is 0 Å². The molecule has 0 saturated carbocycles. The Morgan fingerprint density at radius 3 is 2.94 bits per heavy atom. The molecule has 0 aliphatic rings. The lowest BCUT2D eigenvalue weighted by Crippen LogP contribution is -2.20. The van der Waals surface area contributed by atoms with Crippen molar-refractivity contribution < 1.29 is 9.15 Å². The normalized spacial score (nSPS) is 10.6. The summed E-state index contributed by atoms with van der Waals surface area (Å²) in [6.07, 6.45) is 1.67. The summed E-state index contributed by atoms with van der Waals surface area (Å²) in [5.74, 6) is 1.80. The molecule has 1 aromatic carbocycles. The van der Waals surface area contributed by atoms with Crippen LogP contribution in [-0.2, 0) is 6.54 Å². The number of furan rings is 1. The Labute approximate surface area is 112 Å². The second-order valence-corrected chi connectivity index (χ2v) is 4.45. The van der Waals surface area contributed by atoms with Crippen molar-refractivity contribution in [3.05, 3.63) is 52.9 Å². The molecule has 18 heavy (non-hydrogen) atoms. The van der Waals surface area contributed by atoms with Gasteiger partial charge in [-0.2, -0.15) is 0 Å². The Bertz CT molecular complexity index is 483. The molecular weight excluding hydrogens is 250 g/mol. The minimum atomic E-state index is 0.614. The van der Waals surface area contributed by atoms with E-state index < -0.39 is 0 Å². The van der Waals surface area contributed by atoms with E-state index in [0.29, 0.717) is 6.61 Å². The average molecular weight is 266 g/mol. The van der Waals surface area contributed by atoms with Gasteiger partial charge in [0.15, 0.2) is 0 Å². The van der Waals surface area contributed by atoms with E-state index in [1.807, 2.05) is 37.3 Å². The topological polar surface area (TPSA) is 34.4 Å². The van der Waals surface area contributed by atoms with E-state index in [1.54, 1.807) is 6.26 Å². The molecule has 3 nitrogen and oxygen atoms in total. The lowest BCUT2D eigenvalue weighted by molar-refractivity contribution is 0.309. The molecule has 2 aromatic rings. The van der Waals surface area contributed by atoms with E-state index in [1.165, 1.54) is 0 Å². The predicted octanol–water partition coefficient (Wildman–Crippen LogP) is 3.41. The van der Waals surface area contributed by atoms with Crippen molar-refractivity contribution in [3.8, 4) is 5.75 Å². The number of halogens is 1. The Kier molecular flexibility index (Phi) is 4.67. The summed E-state index contributed by atoms with van der Waals surface area (Å²) >= 11 is 5.88. The zero-order valence-corrected chi connectivity index (χ0v) is 11.0. The van der Waals surface area contributed by atoms with Crippen LogP contribution in [0.3, 0.4) is 0 Å². The smallest absolute Gasteiger partial charge is 0.122 e. The molecule has 0 bridgehead atoms. The summed E-state index contributed by atoms with van der Waals surface area (Å²) in [4.78, 5) is 0. The number of nitrogens with one attached hydrogen (secondary N) is 1. The third-order valence-electron chi connectivity index (χ3n) is 2.55. The van der Waals surface area contributed by atoms with E-state index in [9.17, 15) is 0 Å². The average Bonchev–Trinajstić information content (AvgIpc) is 2.84. The first-order chi connectivity index (χ1) is 8.75. The molecule has 0 unspecified atom stereocenters. The third-order valence-corrected chi connectivity index (χ3v) is 2.79. The highest BCUT2D eigenvalue weighted by molar-refractivity contribution is 6.30. The minimum Gasteiger partial charge on any atom is -0.492 e. The molecule has 2 rings (SSSR count). The summed E-state index contributed by atoms with van der Waals surface area (Å²) in [5.41, 5.74) is 1.05. The summed E-state index contributed by atoms with van der Waals surface area (Å²) in [5, 5.41) is 3.98. The highest BCUT2D eigenvalue weighted by Crippen LogP contribution is 2.21. The second-order valence-electron chi connectivity index (χ2n) is 4.01. The monoisotopic (exact) mass is 265 g/mol. The first-order valence-corrected chi connectivity index (χ1v) is 6.25. The van der Waals surface area contributed by atoms with Crippen LogP contribution in [0.15, 0.2) is 41.0 Å². The van der Waals surface area contributed by atoms with E-state index in [0.717, 1.165) is 35.2 Å². The van der Waals surface area contributed by atoms with E-state index >= 15 is 0 Å². The lowest BCUT2D eigenvalue weighted by atomic mass is 10.2. The van der Waals surface area contributed by atoms with Crippen molar-refractivity contribution in [2.45, 2.75) is 13.5 Å². The van der Waals surface area contributed by atoms with Crippen molar-refractivity contribution in [3.63, 3.8) is 0 Å². The van der Waals surface area contributed by atoms with Gasteiger partial charge >= 0.3 is 0 Å². The third kappa shape index (κ3) is 3.79. The molecular formula is C14H16ClNO2. The van der Waals surface area contributed by atoms with Gasteiger partial charge in [0, 0.05) is 11.6 Å². The molecule has 0 radical (unpaired) electrons. The zero-order valence-electron chi connectivity index (χ0n) is 10.3. The van der Waals surface area contributed by atoms with Crippen LogP contribution in [0.1, 0.15) is 11.3 Å². The number of rotatable bonds is 6. The molecule has 96 valence electrons. The second kappa shape index (κ2) is 6.47. The van der Waals surface area contributed by atoms with Gasteiger partial charge in [0.05, 0.1) is 12.8 Å². The van der Waals surface area contributed by atoms with E-state index in [4.69, 9.17) is 20.8 Å². The fourth-order valence-electron chi connectivity index (χ4n) is 1.63. The van der Waals surface area contributed by atoms with Crippen LogP contribution in [0.25, 0.3) is 0 Å². The zero-order chi connectivity index (χ0) is 12.8. The Hall–Kier alpha value is -1.45. The standard InChI is InChI=1S/C14H16ClNO2/c1-11-9-12(15)4-5-14(11)18-8-6-16-10-13-3-2-7-17-13/h2-5,7,9,16H,6,8,10H2,1H3. The molecule has 1 heterocycles. The fraction of sp³-hybridized carbons (Fsp3) is 0.286. The Morgan fingerprint density at radius 2 is 2.22 bits per heavy atom. The SMILES string of the molecule is Cc1cc(Cl)ccc1OCCNCc1ccco1. The maximum atomic E-state index is 5.88. The number of hydrogen-bond donors (Lipinski definition) is 1. The van der Waals surface area contributed by atoms with Gasteiger partial charge in [0.1, 0.15) is 18.1 Å². The quantitative estimate of drug-likeness (QED) is 0.813. The van der Waals surface area contributed by atoms with Crippen LogP contribution >= 0.6 is 11.6 Å². The number of aryl methyl sites for hydroxylation is 1. The summed E-state index contributed by atoms with van der Waals surface area (Å²) in [6.45, 7) is 4.08. The summed E-state index contributed by atoms with van der Waals surface area (Å²) < 4.78 is 10.9. The largest absolute Gasteiger partial charge is 0.492 e. The van der Waals surface area contributed by atoms with E-state index in [2.05, 4.69) is 5.32 Å². The highest BCUT2D eigenvalue weighted by atomic mass is 35.5. The lowest BCUT2D eigenvalue weighted by Gasteiger charge is -2.09. The van der Waals surface area contributed by atoms with Gasteiger partial charge in [-0.15, -0.1) is 0 Å². The Morgan fingerprint density at radius 1 is 1.33 bits per heavy atom. The Balaban J connectivity index is 1.69. The summed E-state index contributed by atoms with van der Waals surface area (Å²) in [7, 11) is 0. The minimum absolute atomic E-state index is 0.614. The van der Waals surface area contributed by atoms with Crippen molar-refractivity contribution in [2.24, 2.45) is 0 Å². The van der Waals surface area contributed by atoms with Crippen LogP contribution in [0, 0.1) is 6.92 Å². The molecule has 0 aliphatic heterocycles. The maximum Gasteiger partial charge on any atom is 0.122 e. The van der Waals surface area contributed by atoms with Crippen molar-refractivity contribution in [1.82, 2.24) is 5.32 Å². The number of hydrogen-bond acceptors (Lipinski definition) is 3. The van der Waals surface area contributed by atoms with Gasteiger partial charge in [-0.1, -0.05) is 11.6 Å². The van der Waals surface area contributed by atoms with Gasteiger partial charge in [-0.05, 0) is 42.8 Å². The first-order valence-electron chi connectivity index (χ1n) is 5.88. The predicted molar refractivity (Wildman–Crippen MR) is 72.1 cm³/mol. The van der Waals surface area contributed by atoms with E-state index in [-0.39, 0.29) is 0 Å². The molecule has 0 atom stereocenters. The van der Waals surface area contributed by atoms with Gasteiger partial charge in [-0.3, -0.25) is 0 Å². The first kappa shape index (κ1) is 13.0. The molecule has 0 fully saturated rings. The molecule has 1 N–H and O–H groups in total. The fourth-order valence-corrected chi connectivity index (χ4v) is 1.86. The molecule has 0 amide bonds. The molecule has 4 heteroatoms. The molecule has 0 spiro atoms. The number of benzene rings is 1. The maximum absolute atomic E-state index is 5.88. The highest BCUT2D eigenvalue weighted by Gasteiger charge is 2.00. The van der Waals surface area contributed by atoms with Crippen molar-refractivity contribution in [1.29, 1.82) is 0 Å². The van der Waals surface area contributed by atoms with Gasteiger partial charge < -0.3 is 14.5 Å². The molecule has 1 aromatic heterocycles. The van der Waals surface area contributed by atoms with Crippen LogP contribution in [0.2, 0.25) is 5.02 Å². The molecule has 0 aliphatic carbocycles. The number of ether oxygens (including phenoxy) is 1. The van der Waals surface area contributed by atoms with Gasteiger partial charge in [-0.25, -0.2) is 0 Å². The molecule has 0 saturated heterocycles. The van der Waals surface area contributed by atoms with Crippen molar-refractivity contribution in [2.75, 3.05) is 13.2 Å². The van der Waals surface area contributed by atoms with Crippen LogP contribution in [-0.4, -0.2) is 13.2 Å². The van der Waals surface area contributed by atoms with Crippen molar-refractivity contribution >= 4 is 11.6 Å². The van der Waals surface area contributed by atoms with Crippen LogP contribution in [0.4, 0.5) is 0 Å². The van der Waals surface area contributed by atoms with Gasteiger partial charge in [0.2, 0.25) is 0 Å². The van der Waals surface area contributed by atoms with Crippen LogP contribution < -0.4 is 10.1 Å².